The Kier molecular flexibility index (Phi) is 3.84. The van der Waals surface area contributed by atoms with Crippen molar-refractivity contribution in [2.45, 2.75) is 50.6 Å². The van der Waals surface area contributed by atoms with Gasteiger partial charge in [0, 0.05) is 25.1 Å². The number of amides is 1. The topological polar surface area (TPSA) is 85.2 Å². The number of carbonyl (C=O) groups is 1. The summed E-state index contributed by atoms with van der Waals surface area (Å²) in [6, 6.07) is 7.95. The third-order valence-electron chi connectivity index (χ3n) is 5.09. The van der Waals surface area contributed by atoms with Gasteiger partial charge in [0.25, 0.3) is 5.89 Å². The van der Waals surface area contributed by atoms with Gasteiger partial charge in [-0.3, -0.25) is 4.79 Å². The monoisotopic (exact) mass is 326 g/mol. The van der Waals surface area contributed by atoms with Crippen LogP contribution in [0, 0.1) is 0 Å². The number of nitrogens with zero attached hydrogens (tertiary/aromatic N) is 3. The molecule has 2 N–H and O–H groups in total. The number of rotatable bonds is 4. The van der Waals surface area contributed by atoms with Crippen molar-refractivity contribution < 1.29 is 9.32 Å². The molecule has 4 rings (SSSR count). The first-order chi connectivity index (χ1) is 11.6. The second-order valence-corrected chi connectivity index (χ2v) is 6.91. The first-order valence-electron chi connectivity index (χ1n) is 8.64. The standard InChI is InChI=1S/C18H22N4O2/c19-18(8-1-2-9-18)17-20-16(24-21-17)14-6-3-5-13(11-14)12-22-10-4-7-15(22)23/h3,5-6,11H,1-2,4,7-10,12,19H2. The van der Waals surface area contributed by atoms with Crippen LogP contribution >= 0.6 is 0 Å². The van der Waals surface area contributed by atoms with E-state index in [2.05, 4.69) is 10.1 Å². The summed E-state index contributed by atoms with van der Waals surface area (Å²) in [6.45, 7) is 1.47. The average Bonchev–Trinajstić information content (AvgIpc) is 3.30. The van der Waals surface area contributed by atoms with Crippen molar-refractivity contribution in [3.8, 4) is 11.5 Å². The predicted molar refractivity (Wildman–Crippen MR) is 88.7 cm³/mol. The number of likely N-dealkylation sites (tertiary alicyclic amines) is 1. The SMILES string of the molecule is NC1(c2noc(-c3cccc(CN4CCCC4=O)c3)n2)CCCC1. The smallest absolute Gasteiger partial charge is 0.258 e. The van der Waals surface area contributed by atoms with Crippen LogP contribution in [0.15, 0.2) is 28.8 Å². The maximum atomic E-state index is 11.8. The fourth-order valence-corrected chi connectivity index (χ4v) is 3.67. The van der Waals surface area contributed by atoms with Crippen molar-refractivity contribution >= 4 is 5.91 Å². The van der Waals surface area contributed by atoms with Crippen molar-refractivity contribution in [1.29, 1.82) is 0 Å². The summed E-state index contributed by atoms with van der Waals surface area (Å²) < 4.78 is 5.45. The van der Waals surface area contributed by atoms with Crippen molar-refractivity contribution in [3.05, 3.63) is 35.7 Å². The van der Waals surface area contributed by atoms with Gasteiger partial charge in [0.1, 0.15) is 0 Å². The van der Waals surface area contributed by atoms with Gasteiger partial charge < -0.3 is 15.2 Å². The molecule has 0 atom stereocenters. The van der Waals surface area contributed by atoms with E-state index in [1.165, 1.54) is 0 Å². The van der Waals surface area contributed by atoms with E-state index in [0.29, 0.717) is 24.7 Å². The summed E-state index contributed by atoms with van der Waals surface area (Å²) in [6.07, 6.45) is 5.64. The molecule has 1 aromatic carbocycles. The highest BCUT2D eigenvalue weighted by molar-refractivity contribution is 5.78. The van der Waals surface area contributed by atoms with Crippen LogP contribution in [0.25, 0.3) is 11.5 Å². The molecule has 2 aliphatic rings. The molecule has 1 aliphatic carbocycles. The second-order valence-electron chi connectivity index (χ2n) is 6.91. The Hall–Kier alpha value is -2.21. The van der Waals surface area contributed by atoms with Crippen LogP contribution in [-0.2, 0) is 16.9 Å². The summed E-state index contributed by atoms with van der Waals surface area (Å²) in [5, 5.41) is 4.12. The van der Waals surface area contributed by atoms with Crippen LogP contribution in [0.2, 0.25) is 0 Å². The molecule has 6 heteroatoms. The highest BCUT2D eigenvalue weighted by atomic mass is 16.5. The van der Waals surface area contributed by atoms with Crippen LogP contribution in [0.1, 0.15) is 49.9 Å². The zero-order valence-corrected chi connectivity index (χ0v) is 13.7. The zero-order valence-electron chi connectivity index (χ0n) is 13.7. The maximum absolute atomic E-state index is 11.8. The minimum atomic E-state index is -0.443. The average molecular weight is 326 g/mol. The molecule has 0 radical (unpaired) electrons. The van der Waals surface area contributed by atoms with Crippen molar-refractivity contribution in [1.82, 2.24) is 15.0 Å². The van der Waals surface area contributed by atoms with Crippen LogP contribution in [0.4, 0.5) is 0 Å². The maximum Gasteiger partial charge on any atom is 0.258 e. The number of aromatic nitrogens is 2. The highest BCUT2D eigenvalue weighted by Crippen LogP contribution is 2.35. The molecule has 1 amide bonds. The van der Waals surface area contributed by atoms with Gasteiger partial charge in [-0.05, 0) is 37.0 Å². The van der Waals surface area contributed by atoms with Gasteiger partial charge in [-0.1, -0.05) is 30.1 Å². The van der Waals surface area contributed by atoms with E-state index in [9.17, 15) is 4.79 Å². The van der Waals surface area contributed by atoms with Crippen LogP contribution in [0.5, 0.6) is 0 Å². The minimum absolute atomic E-state index is 0.229. The molecule has 2 heterocycles. The number of benzene rings is 1. The van der Waals surface area contributed by atoms with E-state index in [0.717, 1.165) is 49.8 Å². The molecule has 1 saturated heterocycles. The van der Waals surface area contributed by atoms with Crippen LogP contribution in [0.3, 0.4) is 0 Å². The Labute approximate surface area is 141 Å². The van der Waals surface area contributed by atoms with Gasteiger partial charge >= 0.3 is 0 Å². The fourth-order valence-electron chi connectivity index (χ4n) is 3.67. The second kappa shape index (κ2) is 6.02. The Morgan fingerprint density at radius 3 is 2.83 bits per heavy atom. The third kappa shape index (κ3) is 2.82. The van der Waals surface area contributed by atoms with Gasteiger partial charge in [-0.15, -0.1) is 0 Å². The van der Waals surface area contributed by atoms with E-state index in [1.54, 1.807) is 0 Å². The largest absolute Gasteiger partial charge is 0.338 e. The zero-order chi connectivity index (χ0) is 16.6. The van der Waals surface area contributed by atoms with E-state index in [1.807, 2.05) is 29.2 Å². The fraction of sp³-hybridized carbons (Fsp3) is 0.500. The molecule has 0 spiro atoms. The van der Waals surface area contributed by atoms with Gasteiger partial charge in [0.15, 0.2) is 5.82 Å². The van der Waals surface area contributed by atoms with Crippen molar-refractivity contribution in [3.63, 3.8) is 0 Å². The molecule has 6 nitrogen and oxygen atoms in total. The lowest BCUT2D eigenvalue weighted by molar-refractivity contribution is -0.128. The molecule has 2 fully saturated rings. The Morgan fingerprint density at radius 1 is 1.25 bits per heavy atom. The molecular weight excluding hydrogens is 304 g/mol. The van der Waals surface area contributed by atoms with E-state index < -0.39 is 5.54 Å². The first kappa shape index (κ1) is 15.3. The molecule has 24 heavy (non-hydrogen) atoms. The molecule has 0 bridgehead atoms. The third-order valence-corrected chi connectivity index (χ3v) is 5.09. The molecular formula is C18H22N4O2. The summed E-state index contributed by atoms with van der Waals surface area (Å²) in [5.41, 5.74) is 7.90. The lowest BCUT2D eigenvalue weighted by Crippen LogP contribution is -2.34. The number of hydrogen-bond donors (Lipinski definition) is 1. The molecule has 1 aromatic heterocycles. The molecule has 2 aromatic rings. The van der Waals surface area contributed by atoms with E-state index in [-0.39, 0.29) is 5.91 Å². The lowest BCUT2D eigenvalue weighted by Gasteiger charge is -2.17. The summed E-state index contributed by atoms with van der Waals surface area (Å²) >= 11 is 0. The predicted octanol–water partition coefficient (Wildman–Crippen LogP) is 2.59. The Balaban J connectivity index is 1.55. The van der Waals surface area contributed by atoms with E-state index in [4.69, 9.17) is 10.3 Å². The number of nitrogens with two attached hydrogens (primary N) is 1. The Morgan fingerprint density at radius 2 is 2.08 bits per heavy atom. The first-order valence-corrected chi connectivity index (χ1v) is 8.64. The summed E-state index contributed by atoms with van der Waals surface area (Å²) in [4.78, 5) is 18.2. The van der Waals surface area contributed by atoms with Gasteiger partial charge in [-0.25, -0.2) is 0 Å². The van der Waals surface area contributed by atoms with Gasteiger partial charge in [0.05, 0.1) is 5.54 Å². The van der Waals surface area contributed by atoms with Crippen molar-refractivity contribution in [2.75, 3.05) is 6.54 Å². The van der Waals surface area contributed by atoms with Crippen LogP contribution in [-0.4, -0.2) is 27.5 Å². The number of hydrogen-bond acceptors (Lipinski definition) is 5. The molecule has 1 saturated carbocycles. The van der Waals surface area contributed by atoms with Crippen LogP contribution < -0.4 is 5.73 Å². The summed E-state index contributed by atoms with van der Waals surface area (Å²) in [7, 11) is 0. The highest BCUT2D eigenvalue weighted by Gasteiger charge is 2.36. The quantitative estimate of drug-likeness (QED) is 0.933. The molecule has 126 valence electrons. The minimum Gasteiger partial charge on any atom is -0.338 e. The van der Waals surface area contributed by atoms with Gasteiger partial charge in [-0.2, -0.15) is 4.98 Å². The van der Waals surface area contributed by atoms with Gasteiger partial charge in [0.2, 0.25) is 5.91 Å². The number of carbonyl (C=O) groups excluding carboxylic acids is 1. The molecule has 0 unspecified atom stereocenters. The summed E-state index contributed by atoms with van der Waals surface area (Å²) in [5.74, 6) is 1.33. The Bertz CT molecular complexity index is 749. The van der Waals surface area contributed by atoms with Crippen molar-refractivity contribution in [2.24, 2.45) is 5.73 Å². The molecule has 1 aliphatic heterocycles. The van der Waals surface area contributed by atoms with E-state index >= 15 is 0 Å². The normalized spacial score (nSPS) is 20.0. The lowest BCUT2D eigenvalue weighted by atomic mass is 9.98.